The molecule has 0 N–H and O–H groups in total. The van der Waals surface area contributed by atoms with Crippen LogP contribution < -0.4 is 0 Å². The Labute approximate surface area is 97.9 Å². The van der Waals surface area contributed by atoms with Crippen LogP contribution in [0.3, 0.4) is 0 Å². The molecule has 1 rings (SSSR count). The molecule has 0 atom stereocenters. The Morgan fingerprint density at radius 2 is 1.00 bits per heavy atom. The maximum atomic E-state index is 2.69. The molecule has 2 nitrogen and oxygen atoms in total. The van der Waals surface area contributed by atoms with Gasteiger partial charge in [-0.3, -0.25) is 0 Å². The molecule has 0 aliphatic heterocycles. The number of rotatable bonds is 0. The molecule has 13 heavy (non-hydrogen) atoms. The normalized spacial score (nSPS) is 13.4. The van der Waals surface area contributed by atoms with Gasteiger partial charge in [0, 0.05) is 0 Å². The molecule has 0 fully saturated rings. The average Bonchev–Trinajstić information content (AvgIpc) is 2.28. The molecule has 0 radical (unpaired) electrons. The zero-order valence-corrected chi connectivity index (χ0v) is 14.3. The van der Waals surface area contributed by atoms with Crippen molar-refractivity contribution in [1.82, 2.24) is 5.12 Å². The van der Waals surface area contributed by atoms with Crippen LogP contribution in [-0.4, -0.2) is 45.8 Å². The quantitative estimate of drug-likeness (QED) is 0.598. The van der Waals surface area contributed by atoms with Crippen LogP contribution in [0.2, 0.25) is 0 Å². The van der Waals surface area contributed by atoms with Crippen molar-refractivity contribution in [3.05, 3.63) is 0 Å². The number of hydrogen-bond donors (Lipinski definition) is 0. The monoisotopic (exact) mass is 382 g/mol. The van der Waals surface area contributed by atoms with Gasteiger partial charge in [-0.05, 0) is 0 Å². The molecule has 0 aromatic carbocycles. The second-order valence-electron chi connectivity index (χ2n) is 5.09. The van der Waals surface area contributed by atoms with E-state index in [1.165, 1.54) is 0 Å². The molecular weight excluding hydrogens is 361 g/mol. The SMILES string of the molecule is CC(C)(C)n1[se][se]n(C(C)(C)C)[se]1. The Morgan fingerprint density at radius 1 is 0.692 bits per heavy atom. The fourth-order valence-corrected chi connectivity index (χ4v) is 18.8. The standard InChI is InChI=1S/C8H18N2Se3/c1-7(2,3)9-11-10(13-12-9)8(4,5)6/h1-6H3. The third kappa shape index (κ3) is 3.34. The van der Waals surface area contributed by atoms with Crippen LogP contribution in [0.15, 0.2) is 0 Å². The molecule has 0 aliphatic carbocycles. The van der Waals surface area contributed by atoms with Crippen molar-refractivity contribution in [3.63, 3.8) is 0 Å². The summed E-state index contributed by atoms with van der Waals surface area (Å²) >= 11 is 2.09. The molecule has 5 heteroatoms. The van der Waals surface area contributed by atoms with Gasteiger partial charge in [0.25, 0.3) is 0 Å². The van der Waals surface area contributed by atoms with Crippen molar-refractivity contribution in [2.75, 3.05) is 0 Å². The van der Waals surface area contributed by atoms with E-state index in [2.05, 4.69) is 46.7 Å². The first-order valence-electron chi connectivity index (χ1n) is 4.34. The third-order valence-electron chi connectivity index (χ3n) is 1.41. The third-order valence-corrected chi connectivity index (χ3v) is 19.4. The molecule has 1 aromatic rings. The molecule has 0 spiro atoms. The topological polar surface area (TPSA) is 9.86 Å². The molecule has 0 amide bonds. The Hall–Kier alpha value is 1.16. The van der Waals surface area contributed by atoms with Crippen LogP contribution in [0.25, 0.3) is 0 Å². The molecule has 78 valence electrons. The van der Waals surface area contributed by atoms with Gasteiger partial charge in [0.2, 0.25) is 0 Å². The van der Waals surface area contributed by atoms with Crippen molar-refractivity contribution in [2.45, 2.75) is 52.6 Å². The molecule has 0 saturated carbocycles. The van der Waals surface area contributed by atoms with Crippen LogP contribution in [0.1, 0.15) is 41.5 Å². The summed E-state index contributed by atoms with van der Waals surface area (Å²) in [5.41, 5.74) is 0.781. The summed E-state index contributed by atoms with van der Waals surface area (Å²) in [6.07, 6.45) is 0. The Balaban J connectivity index is 3.01. The van der Waals surface area contributed by atoms with E-state index >= 15 is 0 Å². The van der Waals surface area contributed by atoms with Gasteiger partial charge in [0.1, 0.15) is 0 Å². The summed E-state index contributed by atoms with van der Waals surface area (Å²) in [5, 5.41) is 0. The number of hydrogen-bond acceptors (Lipinski definition) is 0. The van der Waals surface area contributed by atoms with Crippen LogP contribution in [0.5, 0.6) is 0 Å². The van der Waals surface area contributed by atoms with E-state index in [4.69, 9.17) is 0 Å². The van der Waals surface area contributed by atoms with E-state index in [0.29, 0.717) is 26.0 Å². The molecule has 1 heterocycles. The average molecular weight is 379 g/mol. The van der Waals surface area contributed by atoms with Crippen molar-refractivity contribution >= 4 is 40.7 Å². The van der Waals surface area contributed by atoms with Crippen LogP contribution in [-0.2, 0) is 11.1 Å². The van der Waals surface area contributed by atoms with E-state index in [9.17, 15) is 0 Å². The van der Waals surface area contributed by atoms with Crippen molar-refractivity contribution in [1.29, 1.82) is 0 Å². The van der Waals surface area contributed by atoms with Gasteiger partial charge < -0.3 is 0 Å². The van der Waals surface area contributed by atoms with Crippen molar-refractivity contribution < 1.29 is 0 Å². The molecular formula is C8H18N2Se3. The van der Waals surface area contributed by atoms with Gasteiger partial charge >= 0.3 is 98.4 Å². The fraction of sp³-hybridized carbons (Fsp3) is 1.00. The number of nitrogens with zero attached hydrogens (tertiary/aromatic N) is 2. The van der Waals surface area contributed by atoms with Crippen molar-refractivity contribution in [3.8, 4) is 0 Å². The second-order valence-corrected chi connectivity index (χ2v) is 14.7. The maximum absolute atomic E-state index is 2.69. The second kappa shape index (κ2) is 3.96. The summed E-state index contributed by atoms with van der Waals surface area (Å²) in [6.45, 7) is 14.0. The van der Waals surface area contributed by atoms with Gasteiger partial charge in [-0.1, -0.05) is 0 Å². The number of aromatic nitrogens is 2. The van der Waals surface area contributed by atoms with Gasteiger partial charge in [0.05, 0.1) is 0 Å². The van der Waals surface area contributed by atoms with E-state index in [0.717, 1.165) is 25.7 Å². The Kier molecular flexibility index (Phi) is 3.73. The Morgan fingerprint density at radius 3 is 1.15 bits per heavy atom. The molecule has 1 aromatic heterocycles. The molecule has 0 aliphatic rings. The van der Waals surface area contributed by atoms with Gasteiger partial charge in [-0.15, -0.1) is 0 Å². The summed E-state index contributed by atoms with van der Waals surface area (Å²) in [6, 6.07) is 0. The van der Waals surface area contributed by atoms with Crippen molar-refractivity contribution in [2.24, 2.45) is 0 Å². The van der Waals surface area contributed by atoms with Gasteiger partial charge in [-0.25, -0.2) is 0 Å². The zero-order valence-electron chi connectivity index (χ0n) is 9.12. The first-order chi connectivity index (χ1) is 5.71. The summed E-state index contributed by atoms with van der Waals surface area (Å²) in [7, 11) is 0. The van der Waals surface area contributed by atoms with Crippen LogP contribution in [0, 0.1) is 0 Å². The summed E-state index contributed by atoms with van der Waals surface area (Å²) in [5.74, 6) is 0. The zero-order chi connectivity index (χ0) is 10.3. The summed E-state index contributed by atoms with van der Waals surface area (Å²) < 4.78 is 5.39. The van der Waals surface area contributed by atoms with Crippen LogP contribution in [0.4, 0.5) is 0 Å². The van der Waals surface area contributed by atoms with E-state index in [-0.39, 0.29) is 0 Å². The summed E-state index contributed by atoms with van der Waals surface area (Å²) in [4.78, 5) is 0. The molecule has 0 saturated heterocycles. The van der Waals surface area contributed by atoms with E-state index in [1.807, 2.05) is 0 Å². The first kappa shape index (κ1) is 12.2. The van der Waals surface area contributed by atoms with E-state index < -0.39 is 0 Å². The molecule has 0 unspecified atom stereocenters. The Bertz CT molecular complexity index is 265. The van der Waals surface area contributed by atoms with Gasteiger partial charge in [-0.2, -0.15) is 0 Å². The minimum atomic E-state index is 0.391. The fourth-order valence-electron chi connectivity index (χ4n) is 0.624. The predicted molar refractivity (Wildman–Crippen MR) is 60.9 cm³/mol. The van der Waals surface area contributed by atoms with E-state index in [1.54, 1.807) is 0 Å². The predicted octanol–water partition coefficient (Wildman–Crippen LogP) is 1.09. The molecule has 0 bridgehead atoms. The minimum absolute atomic E-state index is 0.391. The van der Waals surface area contributed by atoms with Gasteiger partial charge in [0.15, 0.2) is 0 Å². The first-order valence-corrected chi connectivity index (χ1v) is 11.7. The van der Waals surface area contributed by atoms with Crippen LogP contribution >= 0.6 is 0 Å².